The van der Waals surface area contributed by atoms with Crippen molar-refractivity contribution < 1.29 is 45.8 Å². The highest BCUT2D eigenvalue weighted by molar-refractivity contribution is 6.09. The van der Waals surface area contributed by atoms with Crippen LogP contribution < -0.4 is 5.32 Å². The molecule has 0 saturated carbocycles. The first kappa shape index (κ1) is 26.5. The van der Waals surface area contributed by atoms with E-state index in [1.807, 2.05) is 5.32 Å². The maximum atomic E-state index is 13.1. The van der Waals surface area contributed by atoms with Crippen molar-refractivity contribution in [2.24, 2.45) is 0 Å². The molecule has 0 aliphatic heterocycles. The molecular weight excluding hydrogens is 492 g/mol. The zero-order chi connectivity index (χ0) is 26.7. The van der Waals surface area contributed by atoms with Gasteiger partial charge in [0.1, 0.15) is 6.04 Å². The van der Waals surface area contributed by atoms with E-state index in [0.717, 1.165) is 0 Å². The van der Waals surface area contributed by atoms with Crippen molar-refractivity contribution in [3.8, 4) is 0 Å². The molecule has 0 fully saturated rings. The predicted molar refractivity (Wildman–Crippen MR) is 115 cm³/mol. The van der Waals surface area contributed by atoms with Gasteiger partial charge in [0.25, 0.3) is 5.91 Å². The van der Waals surface area contributed by atoms with Crippen LogP contribution in [0.1, 0.15) is 43.0 Å². The summed E-state index contributed by atoms with van der Waals surface area (Å²) in [5, 5.41) is 11.4. The molecule has 0 unspecified atom stereocenters. The molecule has 2 N–H and O–H groups in total. The van der Waals surface area contributed by atoms with Crippen LogP contribution >= 0.6 is 0 Å². The van der Waals surface area contributed by atoms with Crippen LogP contribution in [0, 0.1) is 0 Å². The molecule has 0 spiro atoms. The van der Waals surface area contributed by atoms with Crippen molar-refractivity contribution in [3.63, 3.8) is 0 Å². The summed E-state index contributed by atoms with van der Waals surface area (Å²) in [7, 11) is 0. The largest absolute Gasteiger partial charge is 0.480 e. The second kappa shape index (κ2) is 10.2. The molecule has 0 radical (unpaired) electrons. The van der Waals surface area contributed by atoms with Gasteiger partial charge in [-0.3, -0.25) is 9.59 Å². The van der Waals surface area contributed by atoms with Gasteiger partial charge in [-0.25, -0.2) is 4.79 Å². The van der Waals surface area contributed by atoms with Gasteiger partial charge in [0.15, 0.2) is 5.78 Å². The third-order valence-corrected chi connectivity index (χ3v) is 5.15. The molecule has 3 aromatic rings. The number of carbonyl (C=O) groups is 3. The summed E-state index contributed by atoms with van der Waals surface area (Å²) in [5.74, 6) is -3.26. The van der Waals surface area contributed by atoms with Crippen LogP contribution in [0.3, 0.4) is 0 Å². The van der Waals surface area contributed by atoms with E-state index in [1.165, 1.54) is 24.3 Å². The first-order valence-electron chi connectivity index (χ1n) is 10.3. The minimum absolute atomic E-state index is 0.135. The van der Waals surface area contributed by atoms with Gasteiger partial charge in [0.05, 0.1) is 11.1 Å². The van der Waals surface area contributed by atoms with Crippen LogP contribution in [0.2, 0.25) is 0 Å². The highest BCUT2D eigenvalue weighted by Crippen LogP contribution is 2.36. The first-order valence-corrected chi connectivity index (χ1v) is 10.3. The Kier molecular flexibility index (Phi) is 7.51. The number of amides is 1. The van der Waals surface area contributed by atoms with Gasteiger partial charge < -0.3 is 10.4 Å². The number of benzene rings is 3. The van der Waals surface area contributed by atoms with Gasteiger partial charge in [0.2, 0.25) is 0 Å². The van der Waals surface area contributed by atoms with Crippen LogP contribution in [0.15, 0.2) is 72.8 Å². The van der Waals surface area contributed by atoms with Crippen LogP contribution in [0.25, 0.3) is 0 Å². The molecule has 0 saturated heterocycles. The number of halogens is 6. The monoisotopic (exact) mass is 509 g/mol. The van der Waals surface area contributed by atoms with E-state index in [-0.39, 0.29) is 30.4 Å². The van der Waals surface area contributed by atoms with Crippen molar-refractivity contribution in [1.29, 1.82) is 0 Å². The fourth-order valence-electron chi connectivity index (χ4n) is 3.31. The molecule has 0 bridgehead atoms. The SMILES string of the molecule is O=C(N[C@@H](Cc1ccc(C(=O)c2ccccc2)cc1)C(=O)O)c1cc(C(F)(F)F)cc(C(F)(F)F)c1. The van der Waals surface area contributed by atoms with Crippen LogP contribution in [-0.2, 0) is 23.6 Å². The fraction of sp³-hybridized carbons (Fsp3) is 0.160. The minimum Gasteiger partial charge on any atom is -0.480 e. The number of nitrogens with one attached hydrogen (secondary N) is 1. The van der Waals surface area contributed by atoms with Gasteiger partial charge in [-0.15, -0.1) is 0 Å². The third kappa shape index (κ3) is 6.49. The quantitative estimate of drug-likeness (QED) is 0.331. The molecule has 0 aliphatic carbocycles. The number of rotatable bonds is 7. The molecule has 1 atom stereocenters. The summed E-state index contributed by atoms with van der Waals surface area (Å²) in [6, 6.07) is 12.7. The first-order chi connectivity index (χ1) is 16.8. The van der Waals surface area contributed by atoms with Crippen LogP contribution in [0.4, 0.5) is 26.3 Å². The van der Waals surface area contributed by atoms with Crippen LogP contribution in [-0.4, -0.2) is 28.8 Å². The van der Waals surface area contributed by atoms with E-state index in [1.54, 1.807) is 30.3 Å². The highest BCUT2D eigenvalue weighted by atomic mass is 19.4. The molecule has 36 heavy (non-hydrogen) atoms. The highest BCUT2D eigenvalue weighted by Gasteiger charge is 2.37. The van der Waals surface area contributed by atoms with Crippen molar-refractivity contribution in [2.45, 2.75) is 24.8 Å². The van der Waals surface area contributed by atoms with E-state index in [4.69, 9.17) is 0 Å². The van der Waals surface area contributed by atoms with E-state index in [9.17, 15) is 45.8 Å². The van der Waals surface area contributed by atoms with Gasteiger partial charge >= 0.3 is 18.3 Å². The summed E-state index contributed by atoms with van der Waals surface area (Å²) in [6.07, 6.45) is -10.7. The standard InChI is InChI=1S/C25H17F6NO4/c26-24(27,28)18-11-17(12-19(13-18)25(29,30)31)22(34)32-20(23(35)36)10-14-6-8-16(9-7-14)21(33)15-4-2-1-3-5-15/h1-9,11-13,20H,10H2,(H,32,34)(H,35,36)/t20-/m0/s1. The Morgan fingerprint density at radius 2 is 1.22 bits per heavy atom. The Balaban J connectivity index is 1.80. The van der Waals surface area contributed by atoms with Gasteiger partial charge in [-0.2, -0.15) is 26.3 Å². The lowest BCUT2D eigenvalue weighted by Crippen LogP contribution is -2.42. The number of hydrogen-bond donors (Lipinski definition) is 2. The van der Waals surface area contributed by atoms with Gasteiger partial charge in [-0.05, 0) is 23.8 Å². The molecule has 188 valence electrons. The maximum Gasteiger partial charge on any atom is 0.416 e. The lowest BCUT2D eigenvalue weighted by Gasteiger charge is -2.17. The molecule has 3 aromatic carbocycles. The number of carbonyl (C=O) groups excluding carboxylic acids is 2. The lowest BCUT2D eigenvalue weighted by atomic mass is 9.99. The van der Waals surface area contributed by atoms with E-state index < -0.39 is 47.0 Å². The molecule has 11 heteroatoms. The summed E-state index contributed by atoms with van der Waals surface area (Å²) >= 11 is 0. The van der Waals surface area contributed by atoms with Crippen molar-refractivity contribution in [2.75, 3.05) is 0 Å². The number of hydrogen-bond acceptors (Lipinski definition) is 3. The van der Waals surface area contributed by atoms with Crippen molar-refractivity contribution >= 4 is 17.7 Å². The predicted octanol–water partition coefficient (Wildman–Crippen LogP) is 5.38. The molecule has 0 heterocycles. The number of ketones is 1. The number of aliphatic carboxylic acids is 1. The molecule has 3 rings (SSSR count). The smallest absolute Gasteiger partial charge is 0.416 e. The Hall–Kier alpha value is -4.15. The second-order valence-corrected chi connectivity index (χ2v) is 7.76. The topological polar surface area (TPSA) is 83.5 Å². The fourth-order valence-corrected chi connectivity index (χ4v) is 3.31. The Labute approximate surface area is 200 Å². The van der Waals surface area contributed by atoms with Crippen molar-refractivity contribution in [1.82, 2.24) is 5.32 Å². The second-order valence-electron chi connectivity index (χ2n) is 7.76. The lowest BCUT2D eigenvalue weighted by molar-refractivity contribution is -0.143. The van der Waals surface area contributed by atoms with E-state index >= 15 is 0 Å². The molecule has 1 amide bonds. The average Bonchev–Trinajstić information content (AvgIpc) is 2.82. The Morgan fingerprint density at radius 1 is 0.722 bits per heavy atom. The molecular formula is C25H17F6NO4. The van der Waals surface area contributed by atoms with Crippen molar-refractivity contribution in [3.05, 3.63) is 106 Å². The minimum atomic E-state index is -5.17. The van der Waals surface area contributed by atoms with Gasteiger partial charge in [-0.1, -0.05) is 54.6 Å². The Bertz CT molecular complexity index is 1240. The average molecular weight is 509 g/mol. The summed E-state index contributed by atoms with van der Waals surface area (Å²) in [6.45, 7) is 0. The molecule has 0 aromatic heterocycles. The zero-order valence-electron chi connectivity index (χ0n) is 18.2. The normalized spacial score (nSPS) is 12.6. The maximum absolute atomic E-state index is 13.1. The van der Waals surface area contributed by atoms with Crippen LogP contribution in [0.5, 0.6) is 0 Å². The number of alkyl halides is 6. The molecule has 5 nitrogen and oxygen atoms in total. The molecule has 0 aliphatic rings. The zero-order valence-corrected chi connectivity index (χ0v) is 18.2. The number of carboxylic acids is 1. The summed E-state index contributed by atoms with van der Waals surface area (Å²) in [5.41, 5.74) is -3.30. The van der Waals surface area contributed by atoms with E-state index in [0.29, 0.717) is 16.7 Å². The number of carboxylic acid groups (broad SMARTS) is 1. The summed E-state index contributed by atoms with van der Waals surface area (Å²) < 4.78 is 78.4. The third-order valence-electron chi connectivity index (χ3n) is 5.15. The Morgan fingerprint density at radius 3 is 1.69 bits per heavy atom. The van der Waals surface area contributed by atoms with Gasteiger partial charge in [0, 0.05) is 23.1 Å². The summed E-state index contributed by atoms with van der Waals surface area (Å²) in [4.78, 5) is 36.6. The van der Waals surface area contributed by atoms with E-state index in [2.05, 4.69) is 0 Å².